The first-order valence-corrected chi connectivity index (χ1v) is 13.3. The number of Topliss-reactive ketones (excluding diaryl/α,β-unsaturated/α-hetero) is 1. The lowest BCUT2D eigenvalue weighted by Gasteiger charge is -2.16. The quantitative estimate of drug-likeness (QED) is 0.254. The molecule has 3 aromatic heterocycles. The first-order chi connectivity index (χ1) is 16.4. The maximum absolute atomic E-state index is 13.2. The van der Waals surface area contributed by atoms with Crippen LogP contribution in [0.4, 0.5) is 0 Å². The molecule has 3 heterocycles. The van der Waals surface area contributed by atoms with E-state index in [0.29, 0.717) is 29.2 Å². The Hall–Kier alpha value is -3.08. The van der Waals surface area contributed by atoms with Crippen molar-refractivity contribution in [1.82, 2.24) is 19.8 Å². The van der Waals surface area contributed by atoms with E-state index in [4.69, 9.17) is 4.52 Å². The minimum Gasteiger partial charge on any atom is -0.364 e. The van der Waals surface area contributed by atoms with Gasteiger partial charge < -0.3 is 14.3 Å². The summed E-state index contributed by atoms with van der Waals surface area (Å²) in [6.07, 6.45) is 6.64. The van der Waals surface area contributed by atoms with Crippen molar-refractivity contribution in [2.75, 3.05) is 0 Å². The van der Waals surface area contributed by atoms with Gasteiger partial charge in [0.1, 0.15) is 27.8 Å². The van der Waals surface area contributed by atoms with Gasteiger partial charge in [0.15, 0.2) is 0 Å². The number of benzene rings is 1. The van der Waals surface area contributed by atoms with Gasteiger partial charge in [0.05, 0.1) is 22.8 Å². The normalized spacial score (nSPS) is 12.6. The van der Waals surface area contributed by atoms with Gasteiger partial charge in [-0.05, 0) is 37.5 Å². The molecule has 0 radical (unpaired) electrons. The van der Waals surface area contributed by atoms with Crippen molar-refractivity contribution in [3.8, 4) is 21.8 Å². The highest BCUT2D eigenvalue weighted by Crippen LogP contribution is 2.31. The number of sulfonamides is 1. The minimum atomic E-state index is -3.79. The summed E-state index contributed by atoms with van der Waals surface area (Å²) in [5, 5.41) is 3.87. The lowest BCUT2D eigenvalue weighted by atomic mass is 10.1. The standard InChI is InChI=1S/C24H26N4O4S2/c1-17(29)8-4-2-7-11-20(24-25-16-21(26-24)18-9-5-3-6-10-18)28-34(30,31)23-13-12-22(33-23)19-14-15-32-27-19/h3,5-6,9-10,12-16,20,28H,2,4,7-8,11H2,1H3,(H,25,26)/t20-/m0/s1. The topological polar surface area (TPSA) is 118 Å². The van der Waals surface area contributed by atoms with Crippen LogP contribution in [0.2, 0.25) is 0 Å². The molecule has 8 nitrogen and oxygen atoms in total. The highest BCUT2D eigenvalue weighted by molar-refractivity contribution is 7.91. The number of H-pyrrole nitrogens is 1. The van der Waals surface area contributed by atoms with Crippen molar-refractivity contribution in [1.29, 1.82) is 0 Å². The molecule has 0 saturated carbocycles. The molecule has 0 saturated heterocycles. The smallest absolute Gasteiger partial charge is 0.250 e. The van der Waals surface area contributed by atoms with Gasteiger partial charge in [0.25, 0.3) is 10.0 Å². The van der Waals surface area contributed by atoms with E-state index in [0.717, 1.165) is 41.9 Å². The summed E-state index contributed by atoms with van der Waals surface area (Å²) in [5.74, 6) is 0.721. The molecule has 0 aliphatic heterocycles. The Morgan fingerprint density at radius 2 is 1.94 bits per heavy atom. The zero-order valence-corrected chi connectivity index (χ0v) is 20.4. The lowest BCUT2D eigenvalue weighted by Crippen LogP contribution is -2.29. The van der Waals surface area contributed by atoms with Crippen molar-refractivity contribution in [2.45, 2.75) is 49.3 Å². The van der Waals surface area contributed by atoms with Gasteiger partial charge in [0, 0.05) is 12.5 Å². The minimum absolute atomic E-state index is 0.163. The van der Waals surface area contributed by atoms with Crippen LogP contribution < -0.4 is 4.72 Å². The van der Waals surface area contributed by atoms with Crippen molar-refractivity contribution in [3.63, 3.8) is 0 Å². The Bertz CT molecular complexity index is 1310. The Labute approximate surface area is 202 Å². The van der Waals surface area contributed by atoms with Crippen LogP contribution in [-0.2, 0) is 14.8 Å². The van der Waals surface area contributed by atoms with Crippen LogP contribution in [-0.4, -0.2) is 29.3 Å². The summed E-state index contributed by atoms with van der Waals surface area (Å²) in [6, 6.07) is 14.2. The van der Waals surface area contributed by atoms with Crippen LogP contribution in [0.25, 0.3) is 21.8 Å². The van der Waals surface area contributed by atoms with E-state index in [1.54, 1.807) is 31.3 Å². The molecule has 4 aromatic rings. The molecule has 0 spiro atoms. The predicted octanol–water partition coefficient (Wildman–Crippen LogP) is 5.35. The Morgan fingerprint density at radius 3 is 2.68 bits per heavy atom. The highest BCUT2D eigenvalue weighted by atomic mass is 32.2. The van der Waals surface area contributed by atoms with Gasteiger partial charge >= 0.3 is 0 Å². The SMILES string of the molecule is CC(=O)CCCCC[C@H](NS(=O)(=O)c1ccc(-c2ccon2)s1)c1ncc(-c2ccccc2)[nH]1. The number of carbonyl (C=O) groups is 1. The second-order valence-corrected chi connectivity index (χ2v) is 11.1. The third kappa shape index (κ3) is 6.07. The molecule has 1 aromatic carbocycles. The number of aromatic amines is 1. The maximum Gasteiger partial charge on any atom is 0.250 e. The van der Waals surface area contributed by atoms with Gasteiger partial charge in [0.2, 0.25) is 0 Å². The molecule has 10 heteroatoms. The van der Waals surface area contributed by atoms with E-state index in [2.05, 4.69) is 19.8 Å². The molecule has 2 N–H and O–H groups in total. The fraction of sp³-hybridized carbons (Fsp3) is 0.292. The molecular formula is C24H26N4O4S2. The molecule has 0 aliphatic carbocycles. The number of thiophene rings is 1. The average Bonchev–Trinajstić information content (AvgIpc) is 3.60. The summed E-state index contributed by atoms with van der Waals surface area (Å²) in [7, 11) is -3.79. The second kappa shape index (κ2) is 10.9. The zero-order valence-electron chi connectivity index (χ0n) is 18.7. The Morgan fingerprint density at radius 1 is 1.12 bits per heavy atom. The van der Waals surface area contributed by atoms with Crippen molar-refractivity contribution >= 4 is 27.1 Å². The number of imidazole rings is 1. The lowest BCUT2D eigenvalue weighted by molar-refractivity contribution is -0.117. The number of nitrogens with zero attached hydrogens (tertiary/aromatic N) is 2. The number of carbonyl (C=O) groups excluding carboxylic acids is 1. The monoisotopic (exact) mass is 498 g/mol. The Kier molecular flexibility index (Phi) is 7.71. The molecule has 0 bridgehead atoms. The molecule has 1 atom stereocenters. The van der Waals surface area contributed by atoms with Crippen LogP contribution in [0.1, 0.15) is 50.9 Å². The first-order valence-electron chi connectivity index (χ1n) is 11.0. The van der Waals surface area contributed by atoms with Crippen molar-refractivity contribution in [3.05, 3.63) is 66.8 Å². The number of hydrogen-bond acceptors (Lipinski definition) is 7. The predicted molar refractivity (Wildman–Crippen MR) is 131 cm³/mol. The van der Waals surface area contributed by atoms with E-state index in [1.165, 1.54) is 6.26 Å². The fourth-order valence-corrected chi connectivity index (χ4v) is 6.13. The van der Waals surface area contributed by atoms with E-state index >= 15 is 0 Å². The number of ketones is 1. The number of hydrogen-bond donors (Lipinski definition) is 2. The van der Waals surface area contributed by atoms with Crippen molar-refractivity contribution < 1.29 is 17.7 Å². The molecule has 178 valence electrons. The summed E-state index contributed by atoms with van der Waals surface area (Å²) in [4.78, 5) is 19.7. The molecule has 34 heavy (non-hydrogen) atoms. The van der Waals surface area contributed by atoms with Crippen LogP contribution in [0, 0.1) is 0 Å². The molecular weight excluding hydrogens is 472 g/mol. The van der Waals surface area contributed by atoms with Crippen LogP contribution in [0.15, 0.2) is 69.7 Å². The molecule has 0 amide bonds. The summed E-state index contributed by atoms with van der Waals surface area (Å²) >= 11 is 1.13. The average molecular weight is 499 g/mol. The first kappa shape index (κ1) is 24.1. The highest BCUT2D eigenvalue weighted by Gasteiger charge is 2.25. The van der Waals surface area contributed by atoms with Crippen LogP contribution in [0.3, 0.4) is 0 Å². The largest absolute Gasteiger partial charge is 0.364 e. The molecule has 0 fully saturated rings. The van der Waals surface area contributed by atoms with E-state index in [9.17, 15) is 13.2 Å². The summed E-state index contributed by atoms with van der Waals surface area (Å²) < 4.78 is 34.3. The van der Waals surface area contributed by atoms with Gasteiger partial charge in [-0.25, -0.2) is 13.4 Å². The van der Waals surface area contributed by atoms with Gasteiger partial charge in [-0.2, -0.15) is 4.72 Å². The van der Waals surface area contributed by atoms with Crippen LogP contribution >= 0.6 is 11.3 Å². The van der Waals surface area contributed by atoms with Gasteiger partial charge in [-0.1, -0.05) is 48.3 Å². The zero-order chi connectivity index (χ0) is 24.0. The molecule has 0 unspecified atom stereocenters. The summed E-state index contributed by atoms with van der Waals surface area (Å²) in [5.41, 5.74) is 2.38. The van der Waals surface area contributed by atoms with Crippen LogP contribution in [0.5, 0.6) is 0 Å². The molecule has 4 rings (SSSR count). The number of nitrogens with one attached hydrogen (secondary N) is 2. The number of aromatic nitrogens is 3. The van der Waals surface area contributed by atoms with Crippen molar-refractivity contribution in [2.24, 2.45) is 0 Å². The maximum atomic E-state index is 13.2. The third-order valence-electron chi connectivity index (χ3n) is 5.37. The van der Waals surface area contributed by atoms with E-state index in [-0.39, 0.29) is 9.99 Å². The van der Waals surface area contributed by atoms with Gasteiger partial charge in [-0.15, -0.1) is 11.3 Å². The fourth-order valence-electron chi connectivity index (χ4n) is 3.62. The van der Waals surface area contributed by atoms with E-state index in [1.807, 2.05) is 30.3 Å². The summed E-state index contributed by atoms with van der Waals surface area (Å²) in [6.45, 7) is 1.58. The number of rotatable bonds is 12. The number of unbranched alkanes of at least 4 members (excludes halogenated alkanes) is 2. The van der Waals surface area contributed by atoms with E-state index < -0.39 is 16.1 Å². The molecule has 0 aliphatic rings. The Balaban J connectivity index is 1.53. The third-order valence-corrected chi connectivity index (χ3v) is 8.44. The van der Waals surface area contributed by atoms with Gasteiger partial charge in [-0.3, -0.25) is 0 Å². The second-order valence-electron chi connectivity index (χ2n) is 8.03.